The Labute approximate surface area is 305 Å². The van der Waals surface area contributed by atoms with Crippen LogP contribution < -0.4 is 0 Å². The molecule has 0 saturated heterocycles. The molecule has 3 heterocycles. The van der Waals surface area contributed by atoms with Crippen LogP contribution in [0.5, 0.6) is 0 Å². The van der Waals surface area contributed by atoms with Crippen LogP contribution in [0.2, 0.25) is 0 Å². The molecule has 6 aromatic carbocycles. The summed E-state index contributed by atoms with van der Waals surface area (Å²) in [6.07, 6.45) is 3.68. The van der Waals surface area contributed by atoms with Crippen LogP contribution >= 0.6 is 0 Å². The van der Waals surface area contributed by atoms with Crippen molar-refractivity contribution >= 4 is 21.9 Å². The summed E-state index contributed by atoms with van der Waals surface area (Å²) in [5, 5.41) is 2.05. The second kappa shape index (κ2) is 11.1. The molecule has 0 spiro atoms. The quantitative estimate of drug-likeness (QED) is 0.184. The maximum Gasteiger partial charge on any atom is 0.167 e. The van der Waals surface area contributed by atoms with E-state index in [1.165, 1.54) is 38.9 Å². The second-order valence-corrected chi connectivity index (χ2v) is 14.5. The zero-order chi connectivity index (χ0) is 35.3. The highest BCUT2D eigenvalue weighted by atomic mass is 16.3. The first kappa shape index (κ1) is 29.9. The van der Waals surface area contributed by atoms with E-state index in [-0.39, 0.29) is 11.3 Å². The van der Waals surface area contributed by atoms with Gasteiger partial charge in [-0.3, -0.25) is 0 Å². The molecule has 2 aliphatic carbocycles. The van der Waals surface area contributed by atoms with Crippen molar-refractivity contribution < 1.29 is 4.42 Å². The molecule has 3 aromatic heterocycles. The Hall–Kier alpha value is -6.79. The highest BCUT2D eigenvalue weighted by Gasteiger charge is 2.43. The van der Waals surface area contributed by atoms with E-state index in [1.807, 2.05) is 72.9 Å². The van der Waals surface area contributed by atoms with Crippen LogP contribution in [0, 0.1) is 0 Å². The van der Waals surface area contributed by atoms with E-state index >= 15 is 0 Å². The summed E-state index contributed by atoms with van der Waals surface area (Å²) in [5.74, 6) is 1.77. The molecule has 0 saturated carbocycles. The number of rotatable bonds is 4. The molecule has 6 nitrogen and oxygen atoms in total. The predicted octanol–water partition coefficient (Wildman–Crippen LogP) is 11.0. The van der Waals surface area contributed by atoms with Crippen LogP contribution in [0.1, 0.15) is 47.6 Å². The van der Waals surface area contributed by atoms with E-state index in [1.54, 1.807) is 6.33 Å². The Morgan fingerprint density at radius 2 is 1.28 bits per heavy atom. The van der Waals surface area contributed by atoms with Gasteiger partial charge in [-0.25, -0.2) is 24.9 Å². The largest absolute Gasteiger partial charge is 0.455 e. The van der Waals surface area contributed by atoms with Gasteiger partial charge in [-0.15, -0.1) is 0 Å². The summed E-state index contributed by atoms with van der Waals surface area (Å²) < 4.78 is 6.68. The smallest absolute Gasteiger partial charge is 0.167 e. The van der Waals surface area contributed by atoms with Gasteiger partial charge < -0.3 is 4.42 Å². The van der Waals surface area contributed by atoms with Crippen LogP contribution in [-0.4, -0.2) is 24.9 Å². The lowest BCUT2D eigenvalue weighted by Gasteiger charge is -2.24. The first-order chi connectivity index (χ1) is 26.0. The molecular formula is C47H31N5O. The highest BCUT2D eigenvalue weighted by molar-refractivity contribution is 6.09. The molecule has 1 atom stereocenters. The highest BCUT2D eigenvalue weighted by Crippen LogP contribution is 2.58. The summed E-state index contributed by atoms with van der Waals surface area (Å²) >= 11 is 0. The van der Waals surface area contributed by atoms with Crippen molar-refractivity contribution in [3.8, 4) is 56.5 Å². The summed E-state index contributed by atoms with van der Waals surface area (Å²) in [6.45, 7) is 4.68. The van der Waals surface area contributed by atoms with Gasteiger partial charge in [0.2, 0.25) is 0 Å². The van der Waals surface area contributed by atoms with Crippen LogP contribution in [-0.2, 0) is 5.41 Å². The van der Waals surface area contributed by atoms with Gasteiger partial charge in [-0.2, -0.15) is 0 Å². The maximum atomic E-state index is 6.68. The average Bonchev–Trinajstić information content (AvgIpc) is 3.83. The Balaban J connectivity index is 1.08. The minimum atomic E-state index is -0.161. The Bertz CT molecular complexity index is 2870. The first-order valence-corrected chi connectivity index (χ1v) is 17.9. The van der Waals surface area contributed by atoms with E-state index in [4.69, 9.17) is 24.4 Å². The standard InChI is InChI=1S/C47H31N5O/c1-47(2)37-19-10-9-16-30(37)31-21-22-33-39(36-25-48-26-49-42(36)40(33)41(31)47)29-20-23-38-35(24-29)32-17-11-18-34(43(32)53-38)46-51-44(27-12-5-3-6-13-27)50-45(52-46)28-14-7-4-8-15-28/h3-26,39H,1-2H3. The minimum Gasteiger partial charge on any atom is -0.455 e. The summed E-state index contributed by atoms with van der Waals surface area (Å²) in [7, 11) is 0. The SMILES string of the molecule is CC1(C)c2ccccc2-c2ccc3c(c21)-c1ncncc1C3c1ccc2oc3c(-c4nc(-c5ccccc5)nc(-c5ccccc5)n4)cccc3c2c1. The number of aromatic nitrogens is 5. The number of hydrogen-bond donors (Lipinski definition) is 0. The van der Waals surface area contributed by atoms with Gasteiger partial charge in [-0.1, -0.05) is 129 Å². The third-order valence-electron chi connectivity index (χ3n) is 11.1. The average molecular weight is 682 g/mol. The van der Waals surface area contributed by atoms with Crippen molar-refractivity contribution in [2.24, 2.45) is 0 Å². The molecule has 11 rings (SSSR count). The van der Waals surface area contributed by atoms with Crippen molar-refractivity contribution in [1.29, 1.82) is 0 Å². The number of nitrogens with zero attached hydrogens (tertiary/aromatic N) is 5. The van der Waals surface area contributed by atoms with Crippen LogP contribution in [0.4, 0.5) is 0 Å². The van der Waals surface area contributed by atoms with E-state index in [2.05, 4.69) is 85.6 Å². The van der Waals surface area contributed by atoms with Crippen molar-refractivity contribution in [2.75, 3.05) is 0 Å². The molecule has 0 N–H and O–H groups in total. The van der Waals surface area contributed by atoms with Crippen molar-refractivity contribution in [3.05, 3.63) is 174 Å². The lowest BCUT2D eigenvalue weighted by molar-refractivity contribution is 0.661. The maximum absolute atomic E-state index is 6.68. The van der Waals surface area contributed by atoms with Crippen molar-refractivity contribution in [1.82, 2.24) is 24.9 Å². The van der Waals surface area contributed by atoms with Crippen molar-refractivity contribution in [3.63, 3.8) is 0 Å². The summed E-state index contributed by atoms with van der Waals surface area (Å²) in [4.78, 5) is 24.4. The fraction of sp³-hybridized carbons (Fsp3) is 0.0851. The molecule has 0 aliphatic heterocycles. The van der Waals surface area contributed by atoms with E-state index in [0.717, 1.165) is 49.9 Å². The van der Waals surface area contributed by atoms with Crippen molar-refractivity contribution in [2.45, 2.75) is 25.2 Å². The van der Waals surface area contributed by atoms with Crippen LogP contribution in [0.3, 0.4) is 0 Å². The zero-order valence-electron chi connectivity index (χ0n) is 29.1. The zero-order valence-corrected chi connectivity index (χ0v) is 29.1. The lowest BCUT2D eigenvalue weighted by Crippen LogP contribution is -2.16. The lowest BCUT2D eigenvalue weighted by atomic mass is 9.78. The molecule has 53 heavy (non-hydrogen) atoms. The number of hydrogen-bond acceptors (Lipinski definition) is 6. The Kier molecular flexibility index (Phi) is 6.26. The summed E-state index contributed by atoms with van der Waals surface area (Å²) in [5.41, 5.74) is 15.2. The van der Waals surface area contributed by atoms with Crippen LogP contribution in [0.25, 0.3) is 78.5 Å². The van der Waals surface area contributed by atoms with Gasteiger partial charge in [0.1, 0.15) is 17.5 Å². The summed E-state index contributed by atoms with van der Waals surface area (Å²) in [6, 6.07) is 46.3. The molecule has 0 radical (unpaired) electrons. The number of fused-ring (bicyclic) bond motifs is 10. The molecule has 2 aliphatic rings. The fourth-order valence-electron chi connectivity index (χ4n) is 8.77. The van der Waals surface area contributed by atoms with Gasteiger partial charge in [0.25, 0.3) is 0 Å². The number of benzene rings is 6. The van der Waals surface area contributed by atoms with Gasteiger partial charge in [0, 0.05) is 50.6 Å². The van der Waals surface area contributed by atoms with Gasteiger partial charge in [-0.05, 0) is 51.6 Å². The molecule has 6 heteroatoms. The third-order valence-corrected chi connectivity index (χ3v) is 11.1. The molecular weight excluding hydrogens is 651 g/mol. The van der Waals surface area contributed by atoms with Gasteiger partial charge >= 0.3 is 0 Å². The topological polar surface area (TPSA) is 77.6 Å². The molecule has 250 valence electrons. The number of furan rings is 1. The van der Waals surface area contributed by atoms with Crippen LogP contribution in [0.15, 0.2) is 150 Å². The first-order valence-electron chi connectivity index (χ1n) is 17.9. The third kappa shape index (κ3) is 4.36. The van der Waals surface area contributed by atoms with E-state index < -0.39 is 0 Å². The molecule has 0 bridgehead atoms. The molecule has 1 unspecified atom stereocenters. The normalized spacial score (nSPS) is 14.9. The van der Waals surface area contributed by atoms with E-state index in [9.17, 15) is 0 Å². The van der Waals surface area contributed by atoms with Gasteiger partial charge in [0.05, 0.1) is 11.3 Å². The predicted molar refractivity (Wildman–Crippen MR) is 209 cm³/mol. The Morgan fingerprint density at radius 3 is 2.06 bits per heavy atom. The molecule has 9 aromatic rings. The second-order valence-electron chi connectivity index (χ2n) is 14.5. The number of para-hydroxylation sites is 1. The fourth-order valence-corrected chi connectivity index (χ4v) is 8.77. The van der Waals surface area contributed by atoms with E-state index in [0.29, 0.717) is 17.5 Å². The van der Waals surface area contributed by atoms with Gasteiger partial charge in [0.15, 0.2) is 17.5 Å². The molecule has 0 fully saturated rings. The Morgan fingerprint density at radius 1 is 0.585 bits per heavy atom. The monoisotopic (exact) mass is 681 g/mol. The molecule has 0 amide bonds. The minimum absolute atomic E-state index is 0.0195.